The number of pyridine rings is 1. The first-order valence-corrected chi connectivity index (χ1v) is 13.0. The van der Waals surface area contributed by atoms with Crippen LogP contribution in [-0.2, 0) is 11.3 Å². The van der Waals surface area contributed by atoms with Crippen LogP contribution in [0.4, 0.5) is 0 Å². The number of likely N-dealkylation sites (N-methyl/N-ethyl adjacent to an activating group) is 1. The third kappa shape index (κ3) is 5.51. The molecule has 1 heterocycles. The molecular weight excluding hydrogens is 466 g/mol. The second-order valence-corrected chi connectivity index (χ2v) is 9.93. The maximum Gasteiger partial charge on any atom is 0.236 e. The van der Waals surface area contributed by atoms with Gasteiger partial charge in [-0.1, -0.05) is 109 Å². The normalized spacial score (nSPS) is 12.0. The minimum atomic E-state index is -0.187. The van der Waals surface area contributed by atoms with E-state index in [0.29, 0.717) is 6.54 Å². The Balaban J connectivity index is 1.77. The number of aromatic nitrogens is 1. The molecule has 0 spiro atoms. The zero-order valence-corrected chi connectivity index (χ0v) is 22.2. The average molecular weight is 500 g/mol. The summed E-state index contributed by atoms with van der Waals surface area (Å²) in [4.78, 5) is 22.4. The van der Waals surface area contributed by atoms with Crippen molar-refractivity contribution in [1.29, 1.82) is 0 Å². The fourth-order valence-electron chi connectivity index (χ4n) is 4.99. The molecule has 4 heteroatoms. The van der Waals surface area contributed by atoms with Crippen LogP contribution < -0.4 is 0 Å². The van der Waals surface area contributed by atoms with E-state index in [1.807, 2.05) is 32.3 Å². The van der Waals surface area contributed by atoms with Crippen molar-refractivity contribution < 1.29 is 4.79 Å². The van der Waals surface area contributed by atoms with E-state index >= 15 is 0 Å². The Morgan fingerprint density at radius 3 is 2.08 bits per heavy atom. The van der Waals surface area contributed by atoms with E-state index < -0.39 is 0 Å². The Morgan fingerprint density at radius 2 is 1.42 bits per heavy atom. The summed E-state index contributed by atoms with van der Waals surface area (Å²) in [6.07, 6.45) is 0. The number of carbonyl (C=O) groups is 1. The Bertz CT molecular complexity index is 1520. The van der Waals surface area contributed by atoms with Crippen molar-refractivity contribution in [2.75, 3.05) is 20.6 Å². The Morgan fingerprint density at radius 1 is 0.789 bits per heavy atom. The van der Waals surface area contributed by atoms with Crippen LogP contribution in [0.2, 0.25) is 0 Å². The molecule has 1 atom stereocenters. The second kappa shape index (κ2) is 11.4. The molecule has 5 rings (SSSR count). The zero-order chi connectivity index (χ0) is 26.5. The maximum atomic E-state index is 13.2. The maximum absolute atomic E-state index is 13.2. The number of benzene rings is 4. The number of nitrogens with zero attached hydrogens (tertiary/aromatic N) is 3. The number of amides is 1. The van der Waals surface area contributed by atoms with Crippen LogP contribution in [0.3, 0.4) is 0 Å². The lowest BCUT2D eigenvalue weighted by Crippen LogP contribution is -2.39. The fraction of sp³-hybridized carbons (Fsp3) is 0.176. The molecule has 0 aliphatic carbocycles. The topological polar surface area (TPSA) is 36.4 Å². The van der Waals surface area contributed by atoms with Crippen molar-refractivity contribution in [3.8, 4) is 11.3 Å². The highest BCUT2D eigenvalue weighted by Gasteiger charge is 2.29. The minimum absolute atomic E-state index is 0.0627. The molecule has 0 N–H and O–H groups in total. The van der Waals surface area contributed by atoms with Gasteiger partial charge in [0.1, 0.15) is 0 Å². The molecule has 0 saturated heterocycles. The summed E-state index contributed by atoms with van der Waals surface area (Å²) in [5.74, 6) is 0.0627. The van der Waals surface area contributed by atoms with Gasteiger partial charge >= 0.3 is 0 Å². The van der Waals surface area contributed by atoms with Gasteiger partial charge in [0.2, 0.25) is 5.91 Å². The van der Waals surface area contributed by atoms with Crippen LogP contribution in [0.15, 0.2) is 115 Å². The largest absolute Gasteiger partial charge is 0.348 e. The molecule has 0 bridgehead atoms. The summed E-state index contributed by atoms with van der Waals surface area (Å²) in [6, 6.07) is 39.6. The summed E-state index contributed by atoms with van der Waals surface area (Å²) >= 11 is 0. The van der Waals surface area contributed by atoms with Crippen LogP contribution >= 0.6 is 0 Å². The highest BCUT2D eigenvalue weighted by atomic mass is 16.2. The molecule has 190 valence electrons. The van der Waals surface area contributed by atoms with Gasteiger partial charge in [0, 0.05) is 37.2 Å². The number of hydrogen-bond acceptors (Lipinski definition) is 3. The van der Waals surface area contributed by atoms with Gasteiger partial charge in [-0.3, -0.25) is 9.69 Å². The summed E-state index contributed by atoms with van der Waals surface area (Å²) < 4.78 is 0. The molecule has 1 unspecified atom stereocenters. The van der Waals surface area contributed by atoms with Crippen LogP contribution in [0.5, 0.6) is 0 Å². The van der Waals surface area contributed by atoms with E-state index in [2.05, 4.69) is 109 Å². The van der Waals surface area contributed by atoms with Crippen molar-refractivity contribution in [2.45, 2.75) is 19.5 Å². The quantitative estimate of drug-likeness (QED) is 0.233. The van der Waals surface area contributed by atoms with Gasteiger partial charge in [0.05, 0.1) is 23.8 Å². The van der Waals surface area contributed by atoms with E-state index in [-0.39, 0.29) is 18.5 Å². The lowest BCUT2D eigenvalue weighted by Gasteiger charge is -2.34. The summed E-state index contributed by atoms with van der Waals surface area (Å²) in [5.41, 5.74) is 7.52. The summed E-state index contributed by atoms with van der Waals surface area (Å²) in [6.45, 7) is 3.01. The fourth-order valence-corrected chi connectivity index (χ4v) is 4.99. The third-order valence-corrected chi connectivity index (χ3v) is 6.96. The van der Waals surface area contributed by atoms with Crippen LogP contribution in [0.1, 0.15) is 28.3 Å². The predicted octanol–water partition coefficient (Wildman–Crippen LogP) is 6.89. The van der Waals surface area contributed by atoms with E-state index in [4.69, 9.17) is 4.98 Å². The second-order valence-electron chi connectivity index (χ2n) is 9.93. The van der Waals surface area contributed by atoms with Crippen LogP contribution in [0.25, 0.3) is 22.2 Å². The molecule has 0 aliphatic heterocycles. The van der Waals surface area contributed by atoms with Crippen molar-refractivity contribution in [1.82, 2.24) is 14.8 Å². The molecule has 0 saturated carbocycles. The number of para-hydroxylation sites is 1. The first-order valence-electron chi connectivity index (χ1n) is 13.0. The number of carbonyl (C=O) groups excluding carboxylic acids is 1. The number of rotatable bonds is 8. The Hall–Kier alpha value is -4.28. The van der Waals surface area contributed by atoms with Crippen molar-refractivity contribution in [2.24, 2.45) is 0 Å². The lowest BCUT2D eigenvalue weighted by atomic mass is 9.91. The van der Waals surface area contributed by atoms with E-state index in [0.717, 1.165) is 44.4 Å². The van der Waals surface area contributed by atoms with Crippen molar-refractivity contribution in [3.63, 3.8) is 0 Å². The standard InChI is InChI=1S/C34H33N3O/c1-25-14-13-21-29-22-30(33(35-32(25)29)27-17-9-5-10-18-27)34(28-19-11-6-12-20-28)37(24-31(38)36(2)3)23-26-15-7-4-8-16-26/h4-22,34H,23-24H2,1-3H3. The first-order chi connectivity index (χ1) is 18.5. The van der Waals surface area contributed by atoms with Gasteiger partial charge < -0.3 is 4.90 Å². The number of fused-ring (bicyclic) bond motifs is 1. The number of aryl methyl sites for hydroxylation is 1. The zero-order valence-electron chi connectivity index (χ0n) is 22.2. The Labute approximate surface area is 225 Å². The predicted molar refractivity (Wildman–Crippen MR) is 156 cm³/mol. The third-order valence-electron chi connectivity index (χ3n) is 6.96. The van der Waals surface area contributed by atoms with Gasteiger partial charge in [-0.15, -0.1) is 0 Å². The van der Waals surface area contributed by atoms with Gasteiger partial charge in [-0.2, -0.15) is 0 Å². The molecular formula is C34H33N3O. The van der Waals surface area contributed by atoms with Crippen molar-refractivity contribution in [3.05, 3.63) is 138 Å². The molecule has 0 fully saturated rings. The SMILES string of the molecule is Cc1cccc2cc(C(c3ccccc3)N(CC(=O)N(C)C)Cc3ccccc3)c(-c3ccccc3)nc12. The van der Waals surface area contributed by atoms with Gasteiger partial charge in [0.25, 0.3) is 0 Å². The van der Waals surface area contributed by atoms with Crippen LogP contribution in [-0.4, -0.2) is 41.3 Å². The van der Waals surface area contributed by atoms with Gasteiger partial charge in [0.15, 0.2) is 0 Å². The van der Waals surface area contributed by atoms with E-state index in [9.17, 15) is 4.79 Å². The number of hydrogen-bond donors (Lipinski definition) is 0. The lowest BCUT2D eigenvalue weighted by molar-refractivity contribution is -0.130. The van der Waals surface area contributed by atoms with Crippen molar-refractivity contribution >= 4 is 16.8 Å². The minimum Gasteiger partial charge on any atom is -0.348 e. The van der Waals surface area contributed by atoms with E-state index in [1.165, 1.54) is 0 Å². The monoisotopic (exact) mass is 499 g/mol. The molecule has 1 amide bonds. The first kappa shape index (κ1) is 25.4. The highest BCUT2D eigenvalue weighted by molar-refractivity contribution is 5.86. The highest BCUT2D eigenvalue weighted by Crippen LogP contribution is 2.38. The average Bonchev–Trinajstić information content (AvgIpc) is 2.94. The van der Waals surface area contributed by atoms with Gasteiger partial charge in [-0.25, -0.2) is 4.98 Å². The summed E-state index contributed by atoms with van der Waals surface area (Å²) in [5, 5.41) is 1.10. The molecule has 4 aromatic carbocycles. The Kier molecular flexibility index (Phi) is 7.62. The smallest absolute Gasteiger partial charge is 0.236 e. The molecule has 5 aromatic rings. The summed E-state index contributed by atoms with van der Waals surface area (Å²) in [7, 11) is 3.63. The van der Waals surface area contributed by atoms with Crippen LogP contribution in [0, 0.1) is 6.92 Å². The molecule has 1 aromatic heterocycles. The molecule has 4 nitrogen and oxygen atoms in total. The molecule has 0 radical (unpaired) electrons. The van der Waals surface area contributed by atoms with Gasteiger partial charge in [-0.05, 0) is 29.7 Å². The molecule has 0 aliphatic rings. The molecule has 38 heavy (non-hydrogen) atoms. The van der Waals surface area contributed by atoms with E-state index in [1.54, 1.807) is 4.90 Å².